The summed E-state index contributed by atoms with van der Waals surface area (Å²) in [5, 5.41) is 29.0. The lowest BCUT2D eigenvalue weighted by Gasteiger charge is -2.40. The fourth-order valence-electron chi connectivity index (χ4n) is 3.13. The second-order valence-electron chi connectivity index (χ2n) is 6.82. The molecule has 0 unspecified atom stereocenters. The van der Waals surface area contributed by atoms with E-state index in [1.807, 2.05) is 0 Å². The minimum Gasteiger partial charge on any atom is -0.669 e. The summed E-state index contributed by atoms with van der Waals surface area (Å²) in [4.78, 5) is 35.9. The molecular weight excluding hydrogens is 359 g/mol. The number of aromatic carboxylic acids is 1. The first-order valence-corrected chi connectivity index (χ1v) is 8.64. The fraction of sp³-hybridized carbons (Fsp3) is 0.438. The number of aryl methyl sites for hydroxylation is 1. The van der Waals surface area contributed by atoms with Gasteiger partial charge in [0.05, 0.1) is 25.3 Å². The second kappa shape index (κ2) is 7.18. The molecule has 10 nitrogen and oxygen atoms in total. The average Bonchev–Trinajstić information content (AvgIpc) is 2.53. The van der Waals surface area contributed by atoms with E-state index in [9.17, 15) is 29.5 Å². The number of nitrogens with zero attached hydrogens (tertiary/aromatic N) is 1. The normalized spacial score (nSPS) is 18.1. The summed E-state index contributed by atoms with van der Waals surface area (Å²) in [7, 11) is 0. The van der Waals surface area contributed by atoms with E-state index in [1.54, 1.807) is 6.07 Å². The zero-order chi connectivity index (χ0) is 19.8. The van der Waals surface area contributed by atoms with Gasteiger partial charge in [0.1, 0.15) is 17.4 Å². The van der Waals surface area contributed by atoms with Crippen LogP contribution in [0, 0.1) is 0 Å². The van der Waals surface area contributed by atoms with Crippen LogP contribution in [-0.4, -0.2) is 63.8 Å². The minimum absolute atomic E-state index is 0.0122. The third-order valence-corrected chi connectivity index (χ3v) is 4.62. The van der Waals surface area contributed by atoms with Crippen molar-refractivity contribution in [2.75, 3.05) is 13.1 Å². The number of fused-ring (bicyclic) bond motifs is 1. The Morgan fingerprint density at radius 2 is 1.96 bits per heavy atom. The van der Waals surface area contributed by atoms with E-state index in [2.05, 4.69) is 5.73 Å². The highest BCUT2D eigenvalue weighted by atomic mass is 16.6. The van der Waals surface area contributed by atoms with Crippen molar-refractivity contribution in [1.29, 1.82) is 0 Å². The van der Waals surface area contributed by atoms with Gasteiger partial charge >= 0.3 is 18.6 Å². The summed E-state index contributed by atoms with van der Waals surface area (Å²) in [6, 6.07) is 3.14. The summed E-state index contributed by atoms with van der Waals surface area (Å²) >= 11 is 0. The lowest BCUT2D eigenvalue weighted by Crippen LogP contribution is -2.58. The van der Waals surface area contributed by atoms with Crippen LogP contribution in [-0.2, 0) is 16.0 Å². The van der Waals surface area contributed by atoms with Gasteiger partial charge in [-0.1, -0.05) is 12.4 Å². The Morgan fingerprint density at radius 1 is 1.26 bits per heavy atom. The van der Waals surface area contributed by atoms with Crippen molar-refractivity contribution in [3.63, 3.8) is 0 Å². The van der Waals surface area contributed by atoms with Crippen LogP contribution in [0.15, 0.2) is 12.1 Å². The number of rotatable bonds is 6. The van der Waals surface area contributed by atoms with E-state index < -0.39 is 18.8 Å². The van der Waals surface area contributed by atoms with Crippen molar-refractivity contribution >= 4 is 24.5 Å². The van der Waals surface area contributed by atoms with Gasteiger partial charge in [-0.05, 0) is 18.1 Å². The smallest absolute Gasteiger partial charge is 0.430 e. The van der Waals surface area contributed by atoms with Gasteiger partial charge in [0.2, 0.25) is 5.91 Å². The number of carboxylic acid groups (broad SMARTS) is 1. The van der Waals surface area contributed by atoms with Gasteiger partial charge in [-0.15, -0.1) is 0 Å². The molecule has 1 aromatic rings. The largest absolute Gasteiger partial charge is 0.669 e. The quantitative estimate of drug-likeness (QED) is 0.428. The summed E-state index contributed by atoms with van der Waals surface area (Å²) in [6.07, 6.45) is 0.0289. The van der Waals surface area contributed by atoms with Gasteiger partial charge in [0.25, 0.3) is 0 Å². The molecule has 2 aliphatic rings. The first-order chi connectivity index (χ1) is 12.7. The van der Waals surface area contributed by atoms with Gasteiger partial charge in [0, 0.05) is 6.42 Å². The molecule has 0 aromatic heterocycles. The first kappa shape index (κ1) is 19.1. The van der Waals surface area contributed by atoms with Crippen molar-refractivity contribution in [3.05, 3.63) is 23.3 Å². The molecule has 1 saturated heterocycles. The maximum absolute atomic E-state index is 11.9. The molecule has 3 rings (SSSR count). The van der Waals surface area contributed by atoms with Crippen LogP contribution >= 0.6 is 0 Å². The highest BCUT2D eigenvalue weighted by Crippen LogP contribution is 2.38. The fourth-order valence-corrected chi connectivity index (χ4v) is 3.13. The molecule has 2 heterocycles. The molecule has 146 valence electrons. The van der Waals surface area contributed by atoms with E-state index in [0.717, 1.165) is 0 Å². The monoisotopic (exact) mass is 380 g/mol. The Labute approximate surface area is 154 Å². The number of carboxylic acids is 1. The van der Waals surface area contributed by atoms with Crippen molar-refractivity contribution in [2.24, 2.45) is 0 Å². The lowest BCUT2D eigenvalue weighted by atomic mass is 9.70. The van der Waals surface area contributed by atoms with E-state index >= 15 is 0 Å². The highest BCUT2D eigenvalue weighted by Gasteiger charge is 2.36. The Morgan fingerprint density at radius 3 is 2.59 bits per heavy atom. The predicted octanol–water partition coefficient (Wildman–Crippen LogP) is -1.62. The zero-order valence-electron chi connectivity index (χ0n) is 14.6. The lowest BCUT2D eigenvalue weighted by molar-refractivity contribution is -0.305. The summed E-state index contributed by atoms with van der Waals surface area (Å²) in [5.41, 5.74) is 3.51. The molecule has 11 heteroatoms. The number of carbonyl (C=O) groups excluding carboxylic acids is 2. The number of benzene rings is 1. The van der Waals surface area contributed by atoms with Crippen LogP contribution in [0.25, 0.3) is 0 Å². The molecule has 0 bridgehead atoms. The van der Waals surface area contributed by atoms with Crippen LogP contribution in [0.5, 0.6) is 11.5 Å². The molecular formula is C16H21BN2O8. The minimum atomic E-state index is -3.10. The third kappa shape index (κ3) is 4.21. The summed E-state index contributed by atoms with van der Waals surface area (Å²) in [5.74, 6) is -1.86. The molecule has 6 N–H and O–H groups in total. The van der Waals surface area contributed by atoms with Crippen LogP contribution in [0.4, 0.5) is 0 Å². The molecule has 2 aliphatic heterocycles. The van der Waals surface area contributed by atoms with Gasteiger partial charge < -0.3 is 29.4 Å². The van der Waals surface area contributed by atoms with Crippen molar-refractivity contribution in [2.45, 2.75) is 31.7 Å². The number of likely N-dealkylation sites (tertiary alicyclic amines) is 1. The Bertz CT molecular complexity index is 791. The highest BCUT2D eigenvalue weighted by molar-refractivity contribution is 6.59. The van der Waals surface area contributed by atoms with Crippen molar-refractivity contribution < 1.29 is 44.7 Å². The predicted molar refractivity (Wildman–Crippen MR) is 90.9 cm³/mol. The zero-order valence-corrected chi connectivity index (χ0v) is 14.6. The molecule has 1 aromatic carbocycles. The standard InChI is InChI=1S/C16H20BN2O8/c18-12(20)3-4-13(21)19-7-10(8-19)26-11-2-1-9-5-6-17(24,25)27-15(9)14(11)16(22)23/h1-2,10,24-25H,3-8H2,(H2,18,20)(H,22,23)/q-1/p+1. The Balaban J connectivity index is 1.69. The van der Waals surface area contributed by atoms with E-state index in [1.165, 1.54) is 11.0 Å². The summed E-state index contributed by atoms with van der Waals surface area (Å²) in [6.45, 7) is -2.56. The van der Waals surface area contributed by atoms with Crippen LogP contribution < -0.4 is 15.1 Å². The number of quaternary nitrogens is 1. The molecule has 0 radical (unpaired) electrons. The molecule has 0 atom stereocenters. The molecule has 0 spiro atoms. The number of ether oxygens (including phenoxy) is 1. The molecule has 0 saturated carbocycles. The molecule has 27 heavy (non-hydrogen) atoms. The average molecular weight is 380 g/mol. The molecule has 2 amide bonds. The molecule has 0 aliphatic carbocycles. The van der Waals surface area contributed by atoms with Gasteiger partial charge in [-0.2, -0.15) is 0 Å². The van der Waals surface area contributed by atoms with Crippen LogP contribution in [0.1, 0.15) is 28.8 Å². The van der Waals surface area contributed by atoms with Crippen molar-refractivity contribution in [3.8, 4) is 11.5 Å². The number of amides is 2. The Hall–Kier alpha value is -2.63. The maximum atomic E-state index is 11.9. The Kier molecular flexibility index (Phi) is 5.09. The van der Waals surface area contributed by atoms with Crippen LogP contribution in [0.3, 0.4) is 0 Å². The van der Waals surface area contributed by atoms with Gasteiger partial charge in [-0.3, -0.25) is 10.5 Å². The van der Waals surface area contributed by atoms with E-state index in [0.29, 0.717) is 5.56 Å². The SMILES string of the molecule is [NH3+]C(=O)CCC(=O)N1CC(Oc2ccc3c(c2C(=O)O)O[B-](O)(O)CC3)C1. The van der Waals surface area contributed by atoms with E-state index in [4.69, 9.17) is 9.39 Å². The van der Waals surface area contributed by atoms with Crippen LogP contribution in [0.2, 0.25) is 6.32 Å². The first-order valence-electron chi connectivity index (χ1n) is 8.64. The summed E-state index contributed by atoms with van der Waals surface area (Å²) < 4.78 is 10.8. The molecule has 1 fully saturated rings. The second-order valence-corrected chi connectivity index (χ2v) is 6.82. The van der Waals surface area contributed by atoms with E-state index in [-0.39, 0.29) is 67.5 Å². The number of hydrogen-bond donors (Lipinski definition) is 4. The van der Waals surface area contributed by atoms with Gasteiger partial charge in [0.15, 0.2) is 0 Å². The topological polar surface area (TPSA) is 161 Å². The van der Waals surface area contributed by atoms with Crippen molar-refractivity contribution in [1.82, 2.24) is 4.90 Å². The van der Waals surface area contributed by atoms with Gasteiger partial charge in [-0.25, -0.2) is 9.59 Å². The maximum Gasteiger partial charge on any atom is 0.430 e. The third-order valence-electron chi connectivity index (χ3n) is 4.62. The number of carbonyl (C=O) groups is 3. The number of hydrogen-bond acceptors (Lipinski definition) is 7.